The average molecular weight is 471 g/mol. The minimum absolute atomic E-state index is 0.110. The predicted molar refractivity (Wildman–Crippen MR) is 136 cm³/mol. The van der Waals surface area contributed by atoms with Gasteiger partial charge in [0.15, 0.2) is 0 Å². The van der Waals surface area contributed by atoms with Crippen molar-refractivity contribution < 1.29 is 14.3 Å². The number of hydrogen-bond donors (Lipinski definition) is 1. The van der Waals surface area contributed by atoms with E-state index < -0.39 is 0 Å². The highest BCUT2D eigenvalue weighted by Gasteiger charge is 2.30. The monoisotopic (exact) mass is 470 g/mol. The fraction of sp³-hybridized carbons (Fsp3) is 0.556. The van der Waals surface area contributed by atoms with Crippen LogP contribution in [0, 0.1) is 5.92 Å². The van der Waals surface area contributed by atoms with Gasteiger partial charge in [0.2, 0.25) is 5.91 Å². The van der Waals surface area contributed by atoms with Crippen LogP contribution in [0.4, 0.5) is 5.00 Å². The third-order valence-corrected chi connectivity index (χ3v) is 7.69. The molecule has 5 nitrogen and oxygen atoms in total. The van der Waals surface area contributed by atoms with Crippen molar-refractivity contribution >= 4 is 28.2 Å². The second-order valence-electron chi connectivity index (χ2n) is 10.3. The highest BCUT2D eigenvalue weighted by Crippen LogP contribution is 2.40. The van der Waals surface area contributed by atoms with E-state index in [2.05, 4.69) is 57.3 Å². The Kier molecular flexibility index (Phi) is 8.01. The lowest BCUT2D eigenvalue weighted by Gasteiger charge is -2.24. The second kappa shape index (κ2) is 10.4. The Morgan fingerprint density at radius 2 is 1.91 bits per heavy atom. The Morgan fingerprint density at radius 1 is 1.24 bits per heavy atom. The lowest BCUT2D eigenvalue weighted by atomic mass is 9.87. The Morgan fingerprint density at radius 3 is 2.52 bits per heavy atom. The number of hydrogen-bond acceptors (Lipinski definition) is 5. The molecular weight excluding hydrogens is 432 g/mol. The van der Waals surface area contributed by atoms with Gasteiger partial charge in [-0.1, -0.05) is 52.0 Å². The number of benzene rings is 1. The van der Waals surface area contributed by atoms with Gasteiger partial charge in [0.1, 0.15) is 5.00 Å². The molecule has 2 aromatic rings. The molecule has 0 saturated carbocycles. The fourth-order valence-electron chi connectivity index (χ4n) is 4.21. The van der Waals surface area contributed by atoms with E-state index in [1.807, 2.05) is 25.8 Å². The molecular formula is C27H38N2O3S. The minimum atomic E-state index is -0.347. The maximum absolute atomic E-state index is 13.1. The summed E-state index contributed by atoms with van der Waals surface area (Å²) in [5, 5.41) is 3.69. The summed E-state index contributed by atoms with van der Waals surface area (Å²) in [5.41, 5.74) is 4.20. The van der Waals surface area contributed by atoms with Crippen LogP contribution in [0.25, 0.3) is 0 Å². The van der Waals surface area contributed by atoms with Gasteiger partial charge in [-0.05, 0) is 68.2 Å². The van der Waals surface area contributed by atoms with Gasteiger partial charge < -0.3 is 10.1 Å². The molecule has 6 heteroatoms. The first-order valence-corrected chi connectivity index (χ1v) is 12.7. The van der Waals surface area contributed by atoms with Gasteiger partial charge >= 0.3 is 5.97 Å². The molecule has 180 valence electrons. The van der Waals surface area contributed by atoms with Gasteiger partial charge in [-0.25, -0.2) is 4.79 Å². The molecule has 0 aliphatic heterocycles. The molecule has 1 heterocycles. The first kappa shape index (κ1) is 25.4. The van der Waals surface area contributed by atoms with Crippen LogP contribution >= 0.6 is 11.3 Å². The molecule has 1 N–H and O–H groups in total. The first-order chi connectivity index (χ1) is 15.5. The van der Waals surface area contributed by atoms with Crippen LogP contribution in [0.1, 0.15) is 79.9 Å². The van der Waals surface area contributed by atoms with Crippen LogP contribution < -0.4 is 5.32 Å². The van der Waals surface area contributed by atoms with E-state index in [1.54, 1.807) is 0 Å². The van der Waals surface area contributed by atoms with Crippen molar-refractivity contribution in [1.82, 2.24) is 4.90 Å². The molecule has 3 rings (SSSR count). The third kappa shape index (κ3) is 6.04. The van der Waals surface area contributed by atoms with E-state index in [1.165, 1.54) is 21.8 Å². The fourth-order valence-corrected chi connectivity index (χ4v) is 5.61. The lowest BCUT2D eigenvalue weighted by molar-refractivity contribution is -0.120. The molecule has 0 saturated heterocycles. The second-order valence-corrected chi connectivity index (χ2v) is 11.4. The molecule has 2 atom stereocenters. The highest BCUT2D eigenvalue weighted by molar-refractivity contribution is 7.17. The summed E-state index contributed by atoms with van der Waals surface area (Å²) in [6.45, 7) is 13.5. The standard InChI is InChI=1S/C27H38N2O3S/c1-8-32-26(31)23-21-14-9-17(2)15-22(21)33-25(23)28-24(30)18(3)29(7)16-19-10-12-20(13-11-19)27(4,5)6/h10-13,17-18H,8-9,14-16H2,1-7H3,(H,28,30)/t17-,18+/m0/s1. The quantitative estimate of drug-likeness (QED) is 0.519. The van der Waals surface area contributed by atoms with Gasteiger partial charge in [-0.2, -0.15) is 0 Å². The van der Waals surface area contributed by atoms with Crippen molar-refractivity contribution in [1.29, 1.82) is 0 Å². The third-order valence-electron chi connectivity index (χ3n) is 6.52. The van der Waals surface area contributed by atoms with Gasteiger partial charge in [-0.15, -0.1) is 11.3 Å². The van der Waals surface area contributed by atoms with Gasteiger partial charge in [0.05, 0.1) is 18.2 Å². The molecule has 1 aromatic carbocycles. The number of anilines is 1. The van der Waals surface area contributed by atoms with Crippen LogP contribution in [-0.2, 0) is 34.3 Å². The van der Waals surface area contributed by atoms with Crippen LogP contribution in [0.5, 0.6) is 0 Å². The highest BCUT2D eigenvalue weighted by atomic mass is 32.1. The number of rotatable bonds is 7. The number of carbonyl (C=O) groups excluding carboxylic acids is 2. The largest absolute Gasteiger partial charge is 0.462 e. The number of nitrogens with one attached hydrogen (secondary N) is 1. The summed E-state index contributed by atoms with van der Waals surface area (Å²) < 4.78 is 5.33. The summed E-state index contributed by atoms with van der Waals surface area (Å²) >= 11 is 1.53. The summed E-state index contributed by atoms with van der Waals surface area (Å²) in [4.78, 5) is 29.1. The van der Waals surface area contributed by atoms with Crippen molar-refractivity contribution in [3.8, 4) is 0 Å². The molecule has 0 fully saturated rings. The Hall–Kier alpha value is -2.18. The summed E-state index contributed by atoms with van der Waals surface area (Å²) in [5.74, 6) is 0.144. The van der Waals surface area contributed by atoms with Crippen LogP contribution in [-0.4, -0.2) is 36.5 Å². The zero-order chi connectivity index (χ0) is 24.3. The van der Waals surface area contributed by atoms with Crippen molar-refractivity contribution in [2.24, 2.45) is 5.92 Å². The van der Waals surface area contributed by atoms with Crippen molar-refractivity contribution in [2.75, 3.05) is 19.0 Å². The average Bonchev–Trinajstić information content (AvgIpc) is 3.09. The van der Waals surface area contributed by atoms with E-state index in [-0.39, 0.29) is 23.3 Å². The first-order valence-electron chi connectivity index (χ1n) is 11.9. The lowest BCUT2D eigenvalue weighted by Crippen LogP contribution is -2.39. The van der Waals surface area contributed by atoms with Gasteiger partial charge in [-0.3, -0.25) is 9.69 Å². The molecule has 0 spiro atoms. The molecule has 33 heavy (non-hydrogen) atoms. The zero-order valence-electron chi connectivity index (χ0n) is 21.1. The van der Waals surface area contributed by atoms with Crippen molar-refractivity contribution in [3.63, 3.8) is 0 Å². The summed E-state index contributed by atoms with van der Waals surface area (Å²) in [7, 11) is 1.95. The molecule has 0 radical (unpaired) electrons. The van der Waals surface area contributed by atoms with Crippen molar-refractivity contribution in [2.45, 2.75) is 78.8 Å². The van der Waals surface area contributed by atoms with Crippen molar-refractivity contribution in [3.05, 3.63) is 51.4 Å². The van der Waals surface area contributed by atoms with E-state index in [4.69, 9.17) is 4.74 Å². The molecule has 1 aliphatic rings. The molecule has 0 bridgehead atoms. The zero-order valence-corrected chi connectivity index (χ0v) is 21.9. The number of thiophene rings is 1. The number of nitrogens with zero attached hydrogens (tertiary/aromatic N) is 1. The maximum Gasteiger partial charge on any atom is 0.341 e. The van der Waals surface area contributed by atoms with E-state index in [0.29, 0.717) is 29.6 Å². The number of likely N-dealkylation sites (N-methyl/N-ethyl adjacent to an activating group) is 1. The van der Waals surface area contributed by atoms with E-state index in [9.17, 15) is 9.59 Å². The number of amides is 1. The Labute approximate surface area is 202 Å². The summed E-state index contributed by atoms with van der Waals surface area (Å²) in [6, 6.07) is 8.25. The van der Waals surface area contributed by atoms with E-state index in [0.717, 1.165) is 30.4 Å². The smallest absolute Gasteiger partial charge is 0.341 e. The SMILES string of the molecule is CCOC(=O)c1c(NC(=O)[C@@H](C)N(C)Cc2ccc(C(C)(C)C)cc2)sc2c1CC[C@H](C)C2. The molecule has 1 aliphatic carbocycles. The topological polar surface area (TPSA) is 58.6 Å². The molecule has 1 aromatic heterocycles. The van der Waals surface area contributed by atoms with Gasteiger partial charge in [0.25, 0.3) is 0 Å². The van der Waals surface area contributed by atoms with Crippen LogP contribution in [0.2, 0.25) is 0 Å². The predicted octanol–water partition coefficient (Wildman–Crippen LogP) is 5.81. The maximum atomic E-state index is 13.1. The number of fused-ring (bicyclic) bond motifs is 1. The normalized spacial score (nSPS) is 16.9. The number of ether oxygens (including phenoxy) is 1. The minimum Gasteiger partial charge on any atom is -0.462 e. The van der Waals surface area contributed by atoms with Crippen LogP contribution in [0.15, 0.2) is 24.3 Å². The summed E-state index contributed by atoms with van der Waals surface area (Å²) in [6.07, 6.45) is 2.86. The number of esters is 1. The van der Waals surface area contributed by atoms with E-state index >= 15 is 0 Å². The van der Waals surface area contributed by atoms with Gasteiger partial charge in [0, 0.05) is 11.4 Å². The Bertz CT molecular complexity index is 988. The Balaban J connectivity index is 1.73. The molecule has 0 unspecified atom stereocenters. The van der Waals surface area contributed by atoms with Crippen LogP contribution in [0.3, 0.4) is 0 Å². The molecule has 1 amide bonds. The number of carbonyl (C=O) groups is 2.